The third kappa shape index (κ3) is 1.60. The van der Waals surface area contributed by atoms with Crippen LogP contribution in [0.4, 0.5) is 4.39 Å². The second-order valence-corrected chi connectivity index (χ2v) is 3.48. The predicted octanol–water partition coefficient (Wildman–Crippen LogP) is 3.22. The minimum absolute atomic E-state index is 0.0272. The van der Waals surface area contributed by atoms with E-state index in [2.05, 4.69) is 31.9 Å². The maximum Gasteiger partial charge on any atom is 0.142 e. The number of nitrogens with zero attached hydrogens (tertiary/aromatic N) is 1. The van der Waals surface area contributed by atoms with Gasteiger partial charge < -0.3 is 0 Å². The highest BCUT2D eigenvalue weighted by molar-refractivity contribution is 9.13. The van der Waals surface area contributed by atoms with E-state index in [4.69, 9.17) is 5.26 Å². The Kier molecular flexibility index (Phi) is 2.63. The fraction of sp³-hybridized carbons (Fsp3) is 0. The monoisotopic (exact) mass is 277 g/mol. The van der Waals surface area contributed by atoms with Crippen LogP contribution in [0.5, 0.6) is 0 Å². The first kappa shape index (κ1) is 8.69. The van der Waals surface area contributed by atoms with Gasteiger partial charge in [-0.2, -0.15) is 5.26 Å². The summed E-state index contributed by atoms with van der Waals surface area (Å²) < 4.78 is 13.9. The largest absolute Gasteiger partial charge is 0.206 e. The van der Waals surface area contributed by atoms with Crippen LogP contribution in [-0.2, 0) is 0 Å². The smallest absolute Gasteiger partial charge is 0.142 e. The molecule has 11 heavy (non-hydrogen) atoms. The molecule has 0 fully saturated rings. The fourth-order valence-corrected chi connectivity index (χ4v) is 1.37. The van der Waals surface area contributed by atoms with Crippen molar-refractivity contribution in [2.24, 2.45) is 0 Å². The van der Waals surface area contributed by atoms with Crippen molar-refractivity contribution in [3.05, 3.63) is 32.5 Å². The second-order valence-electron chi connectivity index (χ2n) is 1.83. The zero-order valence-electron chi connectivity index (χ0n) is 5.24. The fourth-order valence-electron chi connectivity index (χ4n) is 0.630. The Bertz CT molecular complexity index is 330. The van der Waals surface area contributed by atoms with Crippen LogP contribution in [0.25, 0.3) is 0 Å². The van der Waals surface area contributed by atoms with Crippen molar-refractivity contribution in [2.45, 2.75) is 0 Å². The number of rotatable bonds is 0. The summed E-state index contributed by atoms with van der Waals surface area (Å²) in [5.41, 5.74) is 0.0272. The Hall–Kier alpha value is -0.400. The highest BCUT2D eigenvalue weighted by Gasteiger charge is 2.08. The van der Waals surface area contributed by atoms with Gasteiger partial charge >= 0.3 is 0 Å². The molecular weight excluding hydrogens is 277 g/mol. The van der Waals surface area contributed by atoms with Crippen LogP contribution in [0.3, 0.4) is 0 Å². The highest BCUT2D eigenvalue weighted by Crippen LogP contribution is 2.27. The summed E-state index contributed by atoms with van der Waals surface area (Å²) in [7, 11) is 0. The minimum atomic E-state index is -0.512. The van der Waals surface area contributed by atoms with Gasteiger partial charge in [0.25, 0.3) is 0 Å². The highest BCUT2D eigenvalue weighted by atomic mass is 79.9. The van der Waals surface area contributed by atoms with Crippen molar-refractivity contribution < 1.29 is 4.39 Å². The topological polar surface area (TPSA) is 23.8 Å². The lowest BCUT2D eigenvalue weighted by molar-refractivity contribution is 0.622. The van der Waals surface area contributed by atoms with Gasteiger partial charge in [-0.3, -0.25) is 0 Å². The molecule has 1 rings (SSSR count). The van der Waals surface area contributed by atoms with Gasteiger partial charge in [0.1, 0.15) is 17.4 Å². The molecule has 0 radical (unpaired) electrons. The van der Waals surface area contributed by atoms with E-state index in [1.807, 2.05) is 0 Å². The van der Waals surface area contributed by atoms with E-state index < -0.39 is 5.82 Å². The third-order valence-corrected chi connectivity index (χ3v) is 3.17. The maximum absolute atomic E-state index is 12.8. The molecule has 0 amide bonds. The lowest BCUT2D eigenvalue weighted by Gasteiger charge is -1.98. The Morgan fingerprint density at radius 2 is 2.00 bits per heavy atom. The van der Waals surface area contributed by atoms with Gasteiger partial charge in [0.2, 0.25) is 0 Å². The number of halogens is 3. The lowest BCUT2D eigenvalue weighted by Crippen LogP contribution is -1.85. The van der Waals surface area contributed by atoms with Crippen LogP contribution in [0.1, 0.15) is 5.56 Å². The average molecular weight is 279 g/mol. The molecule has 0 bridgehead atoms. The SMILES string of the molecule is N#Cc1c(F)ccc(Br)c1Br. The van der Waals surface area contributed by atoms with E-state index in [1.54, 1.807) is 12.1 Å². The summed E-state index contributed by atoms with van der Waals surface area (Å²) in [5, 5.41) is 8.48. The van der Waals surface area contributed by atoms with Crippen LogP contribution in [0.15, 0.2) is 21.1 Å². The first-order valence-corrected chi connectivity index (χ1v) is 4.29. The summed E-state index contributed by atoms with van der Waals surface area (Å²) in [6.45, 7) is 0. The zero-order valence-corrected chi connectivity index (χ0v) is 8.41. The molecule has 0 aliphatic carbocycles. The van der Waals surface area contributed by atoms with Gasteiger partial charge in [-0.05, 0) is 44.0 Å². The quantitative estimate of drug-likeness (QED) is 0.669. The molecule has 0 heterocycles. The van der Waals surface area contributed by atoms with Crippen LogP contribution in [0.2, 0.25) is 0 Å². The van der Waals surface area contributed by atoms with Crippen LogP contribution < -0.4 is 0 Å². The molecule has 1 nitrogen and oxygen atoms in total. The Balaban J connectivity index is 3.44. The maximum atomic E-state index is 12.8. The summed E-state index contributed by atoms with van der Waals surface area (Å²) in [4.78, 5) is 0. The van der Waals surface area contributed by atoms with Crippen molar-refractivity contribution >= 4 is 31.9 Å². The third-order valence-electron chi connectivity index (χ3n) is 1.16. The number of hydrogen-bond donors (Lipinski definition) is 0. The van der Waals surface area contributed by atoms with E-state index in [9.17, 15) is 4.39 Å². The van der Waals surface area contributed by atoms with Crippen LogP contribution in [0, 0.1) is 17.1 Å². The number of nitriles is 1. The van der Waals surface area contributed by atoms with Crippen molar-refractivity contribution in [1.29, 1.82) is 5.26 Å². The van der Waals surface area contributed by atoms with Gasteiger partial charge in [-0.15, -0.1) is 0 Å². The van der Waals surface area contributed by atoms with Crippen molar-refractivity contribution in [1.82, 2.24) is 0 Å². The molecule has 0 atom stereocenters. The first-order chi connectivity index (χ1) is 5.16. The van der Waals surface area contributed by atoms with E-state index in [-0.39, 0.29) is 5.56 Å². The lowest BCUT2D eigenvalue weighted by atomic mass is 10.2. The van der Waals surface area contributed by atoms with Crippen molar-refractivity contribution in [3.63, 3.8) is 0 Å². The predicted molar refractivity (Wildman–Crippen MR) is 46.5 cm³/mol. The molecule has 0 aromatic heterocycles. The molecule has 56 valence electrons. The van der Waals surface area contributed by atoms with Gasteiger partial charge in [0, 0.05) is 4.47 Å². The van der Waals surface area contributed by atoms with E-state index in [0.29, 0.717) is 8.95 Å². The summed E-state index contributed by atoms with van der Waals surface area (Å²) in [6, 6.07) is 4.54. The zero-order chi connectivity index (χ0) is 8.43. The Morgan fingerprint density at radius 3 is 2.45 bits per heavy atom. The molecule has 4 heteroatoms. The normalized spacial score (nSPS) is 9.27. The van der Waals surface area contributed by atoms with Gasteiger partial charge in [-0.25, -0.2) is 4.39 Å². The molecule has 0 saturated heterocycles. The molecule has 0 saturated carbocycles. The molecule has 1 aromatic carbocycles. The minimum Gasteiger partial charge on any atom is -0.206 e. The molecular formula is C7H2Br2FN. The second kappa shape index (κ2) is 3.33. The average Bonchev–Trinajstić information content (AvgIpc) is 1.99. The Labute approximate surface area is 80.1 Å². The van der Waals surface area contributed by atoms with E-state index in [1.165, 1.54) is 6.07 Å². The standard InChI is InChI=1S/C7H2Br2FN/c8-5-1-2-6(10)4(3-11)7(5)9/h1-2H. The van der Waals surface area contributed by atoms with Gasteiger partial charge in [0.15, 0.2) is 0 Å². The van der Waals surface area contributed by atoms with E-state index >= 15 is 0 Å². The molecule has 0 unspecified atom stereocenters. The van der Waals surface area contributed by atoms with E-state index in [0.717, 1.165) is 0 Å². The molecule has 0 aliphatic rings. The number of hydrogen-bond acceptors (Lipinski definition) is 1. The molecule has 0 aliphatic heterocycles. The van der Waals surface area contributed by atoms with Crippen LogP contribution >= 0.6 is 31.9 Å². The number of benzene rings is 1. The van der Waals surface area contributed by atoms with Crippen LogP contribution in [-0.4, -0.2) is 0 Å². The van der Waals surface area contributed by atoms with Gasteiger partial charge in [-0.1, -0.05) is 0 Å². The van der Waals surface area contributed by atoms with Crippen molar-refractivity contribution in [2.75, 3.05) is 0 Å². The molecule has 0 N–H and O–H groups in total. The molecule has 0 spiro atoms. The summed E-state index contributed by atoms with van der Waals surface area (Å²) in [5.74, 6) is -0.512. The molecule has 1 aromatic rings. The summed E-state index contributed by atoms with van der Waals surface area (Å²) in [6.07, 6.45) is 0. The van der Waals surface area contributed by atoms with Gasteiger partial charge in [0.05, 0.1) is 4.47 Å². The Morgan fingerprint density at radius 1 is 1.36 bits per heavy atom. The summed E-state index contributed by atoms with van der Waals surface area (Å²) >= 11 is 6.24. The van der Waals surface area contributed by atoms with Crippen molar-refractivity contribution in [3.8, 4) is 6.07 Å². The first-order valence-electron chi connectivity index (χ1n) is 2.70.